The molecule has 1 aliphatic carbocycles. The van der Waals surface area contributed by atoms with Gasteiger partial charge in [0, 0.05) is 19.0 Å². The lowest BCUT2D eigenvalue weighted by atomic mass is 9.86. The van der Waals surface area contributed by atoms with Gasteiger partial charge in [-0.2, -0.15) is 0 Å². The third kappa shape index (κ3) is 3.66. The fourth-order valence-corrected chi connectivity index (χ4v) is 2.51. The summed E-state index contributed by atoms with van der Waals surface area (Å²) in [5.74, 6) is 0.208. The van der Waals surface area contributed by atoms with Gasteiger partial charge >= 0.3 is 0 Å². The van der Waals surface area contributed by atoms with E-state index in [0.717, 1.165) is 32.2 Å². The Labute approximate surface area is 102 Å². The van der Waals surface area contributed by atoms with E-state index in [0.29, 0.717) is 19.8 Å². The molecule has 98 valence electrons. The van der Waals surface area contributed by atoms with Gasteiger partial charge in [-0.25, -0.2) is 0 Å². The average molecular weight is 242 g/mol. The summed E-state index contributed by atoms with van der Waals surface area (Å²) in [6.07, 6.45) is 3.88. The molecule has 5 nitrogen and oxygen atoms in total. The van der Waals surface area contributed by atoms with Crippen molar-refractivity contribution in [2.24, 2.45) is 5.92 Å². The van der Waals surface area contributed by atoms with Crippen LogP contribution in [0, 0.1) is 5.92 Å². The standard InChI is InChI=1S/C12H22N2O3/c15-11-4-2-1-3-9(11)7-14-12(16)10-8-17-6-5-13-10/h9-11,13,15H,1-8H2,(H,14,16)/t9-,10-,11+/m0/s1. The number of amides is 1. The highest BCUT2D eigenvalue weighted by atomic mass is 16.5. The highest BCUT2D eigenvalue weighted by molar-refractivity contribution is 5.81. The molecule has 2 rings (SSSR count). The van der Waals surface area contributed by atoms with Crippen molar-refractivity contribution in [2.75, 3.05) is 26.3 Å². The van der Waals surface area contributed by atoms with Gasteiger partial charge in [0.15, 0.2) is 0 Å². The van der Waals surface area contributed by atoms with Crippen molar-refractivity contribution < 1.29 is 14.6 Å². The number of hydrogen-bond donors (Lipinski definition) is 3. The van der Waals surface area contributed by atoms with Gasteiger partial charge in [-0.15, -0.1) is 0 Å². The Hall–Kier alpha value is -0.650. The van der Waals surface area contributed by atoms with Gasteiger partial charge in [0.2, 0.25) is 5.91 Å². The van der Waals surface area contributed by atoms with E-state index in [4.69, 9.17) is 4.74 Å². The Morgan fingerprint density at radius 3 is 2.94 bits per heavy atom. The molecule has 1 aliphatic heterocycles. The zero-order valence-corrected chi connectivity index (χ0v) is 10.2. The van der Waals surface area contributed by atoms with E-state index in [1.807, 2.05) is 0 Å². The van der Waals surface area contributed by atoms with Crippen LogP contribution in [0.1, 0.15) is 25.7 Å². The van der Waals surface area contributed by atoms with E-state index in [-0.39, 0.29) is 24.0 Å². The molecule has 17 heavy (non-hydrogen) atoms. The molecule has 5 heteroatoms. The molecule has 0 bridgehead atoms. The number of carbonyl (C=O) groups is 1. The third-order valence-electron chi connectivity index (χ3n) is 3.65. The summed E-state index contributed by atoms with van der Waals surface area (Å²) in [6, 6.07) is -0.232. The average Bonchev–Trinajstić information content (AvgIpc) is 2.38. The highest BCUT2D eigenvalue weighted by Crippen LogP contribution is 2.23. The number of aliphatic hydroxyl groups is 1. The van der Waals surface area contributed by atoms with Crippen LogP contribution in [0.3, 0.4) is 0 Å². The maximum Gasteiger partial charge on any atom is 0.239 e. The third-order valence-corrected chi connectivity index (χ3v) is 3.65. The molecule has 3 atom stereocenters. The zero-order valence-electron chi connectivity index (χ0n) is 10.2. The molecule has 0 unspecified atom stereocenters. The Kier molecular flexibility index (Phi) is 4.76. The van der Waals surface area contributed by atoms with E-state index >= 15 is 0 Å². The maximum atomic E-state index is 11.8. The molecule has 1 heterocycles. The van der Waals surface area contributed by atoms with Gasteiger partial charge in [0.25, 0.3) is 0 Å². The van der Waals surface area contributed by atoms with Crippen LogP contribution in [-0.4, -0.2) is 49.5 Å². The van der Waals surface area contributed by atoms with Crippen molar-refractivity contribution in [2.45, 2.75) is 37.8 Å². The normalized spacial score (nSPS) is 34.3. The summed E-state index contributed by atoms with van der Waals surface area (Å²) in [4.78, 5) is 11.8. The summed E-state index contributed by atoms with van der Waals surface area (Å²) in [5, 5.41) is 15.8. The van der Waals surface area contributed by atoms with Gasteiger partial charge in [0.05, 0.1) is 19.3 Å². The number of hydrogen-bond acceptors (Lipinski definition) is 4. The smallest absolute Gasteiger partial charge is 0.239 e. The van der Waals surface area contributed by atoms with Crippen LogP contribution in [0.15, 0.2) is 0 Å². The van der Waals surface area contributed by atoms with Crippen LogP contribution in [-0.2, 0) is 9.53 Å². The minimum atomic E-state index is -0.250. The van der Waals surface area contributed by atoms with Crippen molar-refractivity contribution in [3.8, 4) is 0 Å². The number of ether oxygens (including phenoxy) is 1. The molecule has 0 aromatic rings. The number of morpholine rings is 1. The summed E-state index contributed by atoms with van der Waals surface area (Å²) in [6.45, 7) is 2.42. The van der Waals surface area contributed by atoms with E-state index in [1.54, 1.807) is 0 Å². The number of carbonyl (C=O) groups excluding carboxylic acids is 1. The minimum Gasteiger partial charge on any atom is -0.393 e. The Balaban J connectivity index is 1.71. The van der Waals surface area contributed by atoms with Crippen molar-refractivity contribution in [1.29, 1.82) is 0 Å². The molecule has 1 saturated heterocycles. The van der Waals surface area contributed by atoms with Gasteiger partial charge in [-0.1, -0.05) is 12.8 Å². The van der Waals surface area contributed by atoms with E-state index < -0.39 is 0 Å². The minimum absolute atomic E-state index is 0.0116. The predicted octanol–water partition coefficient (Wildman–Crippen LogP) is -0.358. The van der Waals surface area contributed by atoms with Crippen molar-refractivity contribution in [3.05, 3.63) is 0 Å². The largest absolute Gasteiger partial charge is 0.393 e. The number of rotatable bonds is 3. The summed E-state index contributed by atoms with van der Waals surface area (Å²) >= 11 is 0. The van der Waals surface area contributed by atoms with Gasteiger partial charge < -0.3 is 20.5 Å². The van der Waals surface area contributed by atoms with E-state index in [1.165, 1.54) is 0 Å². The van der Waals surface area contributed by atoms with E-state index in [2.05, 4.69) is 10.6 Å². The zero-order chi connectivity index (χ0) is 12.1. The first kappa shape index (κ1) is 12.8. The second-order valence-electron chi connectivity index (χ2n) is 4.94. The van der Waals surface area contributed by atoms with Crippen molar-refractivity contribution in [3.63, 3.8) is 0 Å². The molecule has 0 spiro atoms. The number of aliphatic hydroxyl groups excluding tert-OH is 1. The Morgan fingerprint density at radius 1 is 1.41 bits per heavy atom. The monoisotopic (exact) mass is 242 g/mol. The second kappa shape index (κ2) is 6.33. The summed E-state index contributed by atoms with van der Waals surface area (Å²) in [5.41, 5.74) is 0. The molecule has 0 aromatic carbocycles. The molecule has 1 amide bonds. The van der Waals surface area contributed by atoms with Gasteiger partial charge in [0.1, 0.15) is 6.04 Å². The van der Waals surface area contributed by atoms with Crippen LogP contribution >= 0.6 is 0 Å². The van der Waals surface area contributed by atoms with Crippen molar-refractivity contribution >= 4 is 5.91 Å². The Morgan fingerprint density at radius 2 is 2.24 bits per heavy atom. The van der Waals surface area contributed by atoms with Crippen LogP contribution in [0.5, 0.6) is 0 Å². The quantitative estimate of drug-likeness (QED) is 0.632. The second-order valence-corrected chi connectivity index (χ2v) is 4.94. The van der Waals surface area contributed by atoms with Crippen LogP contribution < -0.4 is 10.6 Å². The molecule has 0 aromatic heterocycles. The topological polar surface area (TPSA) is 70.6 Å². The Bertz CT molecular complexity index is 254. The predicted molar refractivity (Wildman–Crippen MR) is 63.6 cm³/mol. The summed E-state index contributed by atoms with van der Waals surface area (Å²) < 4.78 is 5.24. The van der Waals surface area contributed by atoms with Gasteiger partial charge in [-0.05, 0) is 12.8 Å². The SMILES string of the molecule is O=C(NC[C@@H]1CCCC[C@H]1O)[C@@H]1COCCN1. The first-order chi connectivity index (χ1) is 8.27. The van der Waals surface area contributed by atoms with Crippen molar-refractivity contribution in [1.82, 2.24) is 10.6 Å². The molecular weight excluding hydrogens is 220 g/mol. The summed E-state index contributed by atoms with van der Waals surface area (Å²) in [7, 11) is 0. The molecule has 3 N–H and O–H groups in total. The molecule has 2 aliphatic rings. The fourth-order valence-electron chi connectivity index (χ4n) is 2.51. The van der Waals surface area contributed by atoms with Crippen LogP contribution in [0.4, 0.5) is 0 Å². The fraction of sp³-hybridized carbons (Fsp3) is 0.917. The lowest BCUT2D eigenvalue weighted by Crippen LogP contribution is -2.52. The van der Waals surface area contributed by atoms with Gasteiger partial charge in [-0.3, -0.25) is 4.79 Å². The highest BCUT2D eigenvalue weighted by Gasteiger charge is 2.25. The van der Waals surface area contributed by atoms with Crippen LogP contribution in [0.25, 0.3) is 0 Å². The first-order valence-corrected chi connectivity index (χ1v) is 6.54. The van der Waals surface area contributed by atoms with E-state index in [9.17, 15) is 9.90 Å². The maximum absolute atomic E-state index is 11.8. The number of nitrogens with one attached hydrogen (secondary N) is 2. The molecule has 0 radical (unpaired) electrons. The first-order valence-electron chi connectivity index (χ1n) is 6.54. The molecule has 2 fully saturated rings. The van der Waals surface area contributed by atoms with Crippen LogP contribution in [0.2, 0.25) is 0 Å². The molecular formula is C12H22N2O3. The lowest BCUT2D eigenvalue weighted by molar-refractivity contribution is -0.126. The lowest BCUT2D eigenvalue weighted by Gasteiger charge is -2.29. The molecule has 1 saturated carbocycles.